The molecule has 2 heterocycles. The second-order valence-electron chi connectivity index (χ2n) is 7.03. The highest BCUT2D eigenvalue weighted by atomic mass is 32.2. The van der Waals surface area contributed by atoms with Crippen LogP contribution in [0.5, 0.6) is 5.75 Å². The van der Waals surface area contributed by atoms with Gasteiger partial charge in [-0.3, -0.25) is 4.79 Å². The van der Waals surface area contributed by atoms with Crippen molar-refractivity contribution in [3.63, 3.8) is 0 Å². The minimum Gasteiger partial charge on any atom is -0.493 e. The maximum Gasteiger partial charge on any atom is 0.227 e. The van der Waals surface area contributed by atoms with Crippen LogP contribution in [0, 0.1) is 0 Å². The second kappa shape index (κ2) is 7.59. The van der Waals surface area contributed by atoms with Gasteiger partial charge in [-0.1, -0.05) is 12.8 Å². The molecule has 1 saturated carbocycles. The number of rotatable bonds is 6. The quantitative estimate of drug-likeness (QED) is 0.794. The lowest BCUT2D eigenvalue weighted by Gasteiger charge is -2.10. The normalized spacial score (nSPS) is 16.9. The molecular formula is C19H22N2O4S2. The van der Waals surface area contributed by atoms with E-state index in [1.165, 1.54) is 16.9 Å². The molecule has 2 aliphatic rings. The molecule has 1 aromatic heterocycles. The van der Waals surface area contributed by atoms with Crippen molar-refractivity contribution in [1.82, 2.24) is 4.98 Å². The molecule has 0 atom stereocenters. The summed E-state index contributed by atoms with van der Waals surface area (Å²) in [6.07, 6.45) is 4.26. The summed E-state index contributed by atoms with van der Waals surface area (Å²) in [5, 5.41) is 4.85. The van der Waals surface area contributed by atoms with Crippen LogP contribution in [-0.2, 0) is 21.1 Å². The van der Waals surface area contributed by atoms with Gasteiger partial charge in [-0.2, -0.15) is 0 Å². The molecular weight excluding hydrogens is 384 g/mol. The van der Waals surface area contributed by atoms with Crippen molar-refractivity contribution in [3.8, 4) is 17.0 Å². The molecule has 1 aliphatic carbocycles. The van der Waals surface area contributed by atoms with Crippen LogP contribution in [0.3, 0.4) is 0 Å². The highest BCUT2D eigenvalue weighted by Crippen LogP contribution is 2.32. The average Bonchev–Trinajstić information content (AvgIpc) is 3.39. The fraction of sp³-hybridized carbons (Fsp3) is 0.474. The minimum atomic E-state index is -3.18. The fourth-order valence-electron chi connectivity index (χ4n) is 3.64. The van der Waals surface area contributed by atoms with E-state index in [0.29, 0.717) is 11.7 Å². The van der Waals surface area contributed by atoms with Gasteiger partial charge in [-0.05, 0) is 36.6 Å². The van der Waals surface area contributed by atoms with Crippen LogP contribution in [0.25, 0.3) is 11.3 Å². The largest absolute Gasteiger partial charge is 0.493 e. The Bertz CT molecular complexity index is 946. The topological polar surface area (TPSA) is 85.4 Å². The Morgan fingerprint density at radius 2 is 2.11 bits per heavy atom. The number of carbonyl (C=O) groups excluding carboxylic acids is 1. The van der Waals surface area contributed by atoms with Crippen molar-refractivity contribution in [2.45, 2.75) is 43.8 Å². The van der Waals surface area contributed by atoms with Crippen LogP contribution >= 0.6 is 11.3 Å². The molecule has 2 aromatic rings. The van der Waals surface area contributed by atoms with Crippen molar-refractivity contribution in [2.75, 3.05) is 17.7 Å². The highest BCUT2D eigenvalue weighted by Gasteiger charge is 2.29. The standard InChI is InChI=1S/C19H22N2O4S2/c22-18(8-10-27(23,24)15-3-1-2-4-15)21-19-20-16(12-26-19)13-5-6-17-14(11-13)7-9-25-17/h5-6,11-12,15H,1-4,7-10H2,(H,20,21,22). The number of amides is 1. The Kier molecular flexibility index (Phi) is 5.19. The van der Waals surface area contributed by atoms with Crippen LogP contribution in [0.1, 0.15) is 37.7 Å². The van der Waals surface area contributed by atoms with Crippen LogP contribution in [-0.4, -0.2) is 36.9 Å². The van der Waals surface area contributed by atoms with Gasteiger partial charge < -0.3 is 10.1 Å². The van der Waals surface area contributed by atoms with Crippen LogP contribution in [0.4, 0.5) is 5.13 Å². The number of nitrogens with zero attached hydrogens (tertiary/aromatic N) is 1. The average molecular weight is 407 g/mol. The Morgan fingerprint density at radius 1 is 1.30 bits per heavy atom. The van der Waals surface area contributed by atoms with Crippen LogP contribution in [0.2, 0.25) is 0 Å². The third-order valence-corrected chi connectivity index (χ3v) is 8.18. The van der Waals surface area contributed by atoms with E-state index >= 15 is 0 Å². The lowest BCUT2D eigenvalue weighted by molar-refractivity contribution is -0.115. The highest BCUT2D eigenvalue weighted by molar-refractivity contribution is 7.92. The number of aromatic nitrogens is 1. The molecule has 6 nitrogen and oxygen atoms in total. The molecule has 1 N–H and O–H groups in total. The summed E-state index contributed by atoms with van der Waals surface area (Å²) in [6, 6.07) is 5.97. The van der Waals surface area contributed by atoms with Crippen LogP contribution < -0.4 is 10.1 Å². The molecule has 1 aromatic carbocycles. The van der Waals surface area contributed by atoms with Crippen LogP contribution in [0.15, 0.2) is 23.6 Å². The van der Waals surface area contributed by atoms with Crippen molar-refractivity contribution in [2.24, 2.45) is 0 Å². The lowest BCUT2D eigenvalue weighted by Crippen LogP contribution is -2.24. The van der Waals surface area contributed by atoms with Gasteiger partial charge in [-0.25, -0.2) is 13.4 Å². The second-order valence-corrected chi connectivity index (χ2v) is 10.3. The van der Waals surface area contributed by atoms with Gasteiger partial charge in [-0.15, -0.1) is 11.3 Å². The third kappa shape index (κ3) is 4.16. The van der Waals surface area contributed by atoms with E-state index in [1.54, 1.807) is 0 Å². The summed E-state index contributed by atoms with van der Waals surface area (Å²) >= 11 is 1.34. The third-order valence-electron chi connectivity index (χ3n) is 5.16. The molecule has 1 fully saturated rings. The molecule has 27 heavy (non-hydrogen) atoms. The molecule has 8 heteroatoms. The number of hydrogen-bond donors (Lipinski definition) is 1. The van der Waals surface area contributed by atoms with E-state index in [-0.39, 0.29) is 23.3 Å². The molecule has 0 unspecified atom stereocenters. The molecule has 0 radical (unpaired) electrons. The van der Waals surface area contributed by atoms with E-state index in [4.69, 9.17) is 4.74 Å². The van der Waals surface area contributed by atoms with Gasteiger partial charge in [0.05, 0.1) is 23.3 Å². The Hall–Kier alpha value is -1.93. The summed E-state index contributed by atoms with van der Waals surface area (Å²) in [7, 11) is -3.18. The first-order valence-corrected chi connectivity index (χ1v) is 11.8. The van der Waals surface area contributed by atoms with Gasteiger partial charge in [0.15, 0.2) is 15.0 Å². The van der Waals surface area contributed by atoms with Crippen molar-refractivity contribution < 1.29 is 17.9 Å². The molecule has 0 saturated heterocycles. The summed E-state index contributed by atoms with van der Waals surface area (Å²) in [4.78, 5) is 16.6. The molecule has 1 aliphatic heterocycles. The fourth-order valence-corrected chi connectivity index (χ4v) is 6.23. The van der Waals surface area contributed by atoms with Crippen molar-refractivity contribution >= 4 is 32.2 Å². The Morgan fingerprint density at radius 3 is 2.93 bits per heavy atom. The maximum atomic E-state index is 12.3. The first-order chi connectivity index (χ1) is 13.0. The lowest BCUT2D eigenvalue weighted by atomic mass is 10.1. The van der Waals surface area contributed by atoms with Gasteiger partial charge in [0, 0.05) is 23.8 Å². The van der Waals surface area contributed by atoms with Gasteiger partial charge in [0.25, 0.3) is 0 Å². The van der Waals surface area contributed by atoms with Crippen molar-refractivity contribution in [1.29, 1.82) is 0 Å². The number of anilines is 1. The number of thiazole rings is 1. The zero-order valence-corrected chi connectivity index (χ0v) is 16.6. The van der Waals surface area contributed by atoms with Gasteiger partial charge >= 0.3 is 0 Å². The minimum absolute atomic E-state index is 0.0239. The van der Waals surface area contributed by atoms with E-state index < -0.39 is 9.84 Å². The zero-order valence-electron chi connectivity index (χ0n) is 14.9. The Labute approximate surface area is 162 Å². The van der Waals surface area contributed by atoms with E-state index in [9.17, 15) is 13.2 Å². The first kappa shape index (κ1) is 18.4. The number of fused-ring (bicyclic) bond motifs is 1. The molecule has 0 spiro atoms. The Balaban J connectivity index is 1.35. The predicted octanol–water partition coefficient (Wildman–Crippen LogP) is 3.43. The number of sulfone groups is 1. The number of benzene rings is 1. The molecule has 144 valence electrons. The van der Waals surface area contributed by atoms with Gasteiger partial charge in [0.2, 0.25) is 5.91 Å². The van der Waals surface area contributed by atoms with E-state index in [0.717, 1.165) is 49.1 Å². The zero-order chi connectivity index (χ0) is 18.9. The summed E-state index contributed by atoms with van der Waals surface area (Å²) < 4.78 is 30.1. The molecule has 1 amide bonds. The smallest absolute Gasteiger partial charge is 0.227 e. The number of ether oxygens (including phenoxy) is 1. The predicted molar refractivity (Wildman–Crippen MR) is 106 cm³/mol. The number of carbonyl (C=O) groups is 1. The van der Waals surface area contributed by atoms with Gasteiger partial charge in [0.1, 0.15) is 5.75 Å². The maximum absolute atomic E-state index is 12.3. The van der Waals surface area contributed by atoms with Crippen molar-refractivity contribution in [3.05, 3.63) is 29.1 Å². The number of nitrogens with one attached hydrogen (secondary N) is 1. The SMILES string of the molecule is O=C(CCS(=O)(=O)C1CCCC1)Nc1nc(-c2ccc3c(c2)CCO3)cs1. The molecule has 0 bridgehead atoms. The number of hydrogen-bond acceptors (Lipinski definition) is 6. The molecule has 4 rings (SSSR count). The summed E-state index contributed by atoms with van der Waals surface area (Å²) in [6.45, 7) is 0.709. The monoisotopic (exact) mass is 406 g/mol. The van der Waals surface area contributed by atoms with E-state index in [2.05, 4.69) is 16.4 Å². The summed E-state index contributed by atoms with van der Waals surface area (Å²) in [5.41, 5.74) is 2.95. The van der Waals surface area contributed by atoms with E-state index in [1.807, 2.05) is 17.5 Å². The summed E-state index contributed by atoms with van der Waals surface area (Å²) in [5.74, 6) is 0.526. The first-order valence-electron chi connectivity index (χ1n) is 9.24.